The number of aliphatic hydroxyl groups is 1. The molecule has 4 unspecified atom stereocenters. The summed E-state index contributed by atoms with van der Waals surface area (Å²) in [5.74, 6) is 2.33. The van der Waals surface area contributed by atoms with Gasteiger partial charge >= 0.3 is 0 Å². The van der Waals surface area contributed by atoms with Crippen LogP contribution in [0, 0.1) is 28.6 Å². The van der Waals surface area contributed by atoms with Crippen molar-refractivity contribution in [3.05, 3.63) is 76.7 Å². The first-order valence-electron chi connectivity index (χ1n) is 12.6. The highest BCUT2D eigenvalue weighted by Crippen LogP contribution is 2.52. The zero-order valence-electron chi connectivity index (χ0n) is 19.7. The molecule has 176 valence electrons. The number of hydrogen-bond acceptors (Lipinski definition) is 5. The highest BCUT2D eigenvalue weighted by Gasteiger charge is 2.55. The number of rotatable bonds is 10. The van der Waals surface area contributed by atoms with Crippen LogP contribution in [0.2, 0.25) is 0 Å². The van der Waals surface area contributed by atoms with Gasteiger partial charge in [0, 0.05) is 32.7 Å². The van der Waals surface area contributed by atoms with Gasteiger partial charge in [-0.25, -0.2) is 0 Å². The van der Waals surface area contributed by atoms with E-state index in [2.05, 4.69) is 52.4 Å². The Morgan fingerprint density at radius 2 is 1.64 bits per heavy atom. The minimum Gasteiger partial charge on any atom is -0.382 e. The van der Waals surface area contributed by atoms with Gasteiger partial charge in [-0.05, 0) is 54.7 Å². The van der Waals surface area contributed by atoms with Gasteiger partial charge in [-0.1, -0.05) is 78.7 Å². The summed E-state index contributed by atoms with van der Waals surface area (Å²) in [6, 6.07) is 19.9. The molecule has 2 saturated carbocycles. The summed E-state index contributed by atoms with van der Waals surface area (Å²) >= 11 is 0. The van der Waals surface area contributed by atoms with Crippen LogP contribution in [0.4, 0.5) is 0 Å². The lowest BCUT2D eigenvalue weighted by Crippen LogP contribution is -2.49. The predicted octanol–water partition coefficient (Wildman–Crippen LogP) is 4.51. The fourth-order valence-corrected chi connectivity index (χ4v) is 6.73. The van der Waals surface area contributed by atoms with E-state index < -0.39 is 11.6 Å². The largest absolute Gasteiger partial charge is 0.382 e. The number of nitrogens with zero attached hydrogens (tertiary/aromatic N) is 3. The Morgan fingerprint density at radius 1 is 1.03 bits per heavy atom. The molecular formula is C28H37N3O2. The third-order valence-corrected chi connectivity index (χ3v) is 8.55. The van der Waals surface area contributed by atoms with E-state index >= 15 is 0 Å². The Kier molecular flexibility index (Phi) is 6.64. The van der Waals surface area contributed by atoms with Crippen LogP contribution in [0.5, 0.6) is 0 Å². The van der Waals surface area contributed by atoms with Crippen LogP contribution in [-0.2, 0) is 12.1 Å². The molecule has 0 spiro atoms. The van der Waals surface area contributed by atoms with E-state index in [0.717, 1.165) is 56.2 Å². The SMILES string of the molecule is CN(CC1C2CN(Cc3ccccc3)CC12)CC(N=O)C(O)(c1ccccc1)C1CCCC1. The Morgan fingerprint density at radius 3 is 2.24 bits per heavy atom. The average molecular weight is 448 g/mol. The number of likely N-dealkylation sites (tertiary alicyclic amines) is 1. The molecule has 2 aromatic carbocycles. The number of hydrogen-bond donors (Lipinski definition) is 1. The minimum absolute atomic E-state index is 0.0999. The Labute approximate surface area is 197 Å². The van der Waals surface area contributed by atoms with Gasteiger partial charge < -0.3 is 10.0 Å². The lowest BCUT2D eigenvalue weighted by Gasteiger charge is -2.39. The molecule has 2 aromatic rings. The van der Waals surface area contributed by atoms with Crippen molar-refractivity contribution in [1.29, 1.82) is 0 Å². The van der Waals surface area contributed by atoms with Crippen molar-refractivity contribution in [3.8, 4) is 0 Å². The van der Waals surface area contributed by atoms with E-state index in [4.69, 9.17) is 0 Å². The third-order valence-electron chi connectivity index (χ3n) is 8.55. The van der Waals surface area contributed by atoms with Gasteiger partial charge in [0.2, 0.25) is 0 Å². The van der Waals surface area contributed by atoms with E-state index in [-0.39, 0.29) is 5.92 Å². The fourth-order valence-electron chi connectivity index (χ4n) is 6.73. The van der Waals surface area contributed by atoms with Crippen LogP contribution in [0.1, 0.15) is 36.8 Å². The Hall–Kier alpha value is -2.08. The lowest BCUT2D eigenvalue weighted by atomic mass is 9.75. The molecular weight excluding hydrogens is 410 g/mol. The molecule has 3 fully saturated rings. The van der Waals surface area contributed by atoms with E-state index in [1.807, 2.05) is 30.3 Å². The number of benzene rings is 2. The first-order chi connectivity index (χ1) is 16.1. The monoisotopic (exact) mass is 447 g/mol. The van der Waals surface area contributed by atoms with Crippen molar-refractivity contribution in [2.75, 3.05) is 33.2 Å². The van der Waals surface area contributed by atoms with Crippen molar-refractivity contribution in [1.82, 2.24) is 9.80 Å². The lowest BCUT2D eigenvalue weighted by molar-refractivity contribution is -0.0518. The third kappa shape index (κ3) is 4.64. The summed E-state index contributed by atoms with van der Waals surface area (Å²) in [5, 5.41) is 15.5. The number of likely N-dealkylation sites (N-methyl/N-ethyl adjacent to an activating group) is 1. The summed E-state index contributed by atoms with van der Waals surface area (Å²) in [5.41, 5.74) is 1.05. The van der Waals surface area contributed by atoms with E-state index in [9.17, 15) is 10.0 Å². The van der Waals surface area contributed by atoms with Gasteiger partial charge in [-0.3, -0.25) is 4.90 Å². The second-order valence-corrected chi connectivity index (χ2v) is 10.7. The summed E-state index contributed by atoms with van der Waals surface area (Å²) in [4.78, 5) is 16.9. The van der Waals surface area contributed by atoms with Gasteiger partial charge in [0.15, 0.2) is 0 Å². The molecule has 0 amide bonds. The summed E-state index contributed by atoms with van der Waals surface area (Å²) < 4.78 is 0. The highest BCUT2D eigenvalue weighted by molar-refractivity contribution is 5.26. The zero-order chi connectivity index (χ0) is 22.8. The molecule has 2 aliphatic carbocycles. The molecule has 1 aliphatic heterocycles. The fraction of sp³-hybridized carbons (Fsp3) is 0.571. The molecule has 5 rings (SSSR count). The molecule has 0 radical (unpaired) electrons. The Balaban J connectivity index is 1.19. The van der Waals surface area contributed by atoms with Crippen LogP contribution in [0.25, 0.3) is 0 Å². The minimum atomic E-state index is -1.18. The van der Waals surface area contributed by atoms with Crippen LogP contribution in [0.3, 0.4) is 0 Å². The van der Waals surface area contributed by atoms with Crippen LogP contribution < -0.4 is 0 Å². The summed E-state index contributed by atoms with van der Waals surface area (Å²) in [7, 11) is 2.09. The second kappa shape index (κ2) is 9.65. The van der Waals surface area contributed by atoms with Gasteiger partial charge in [0.05, 0.1) is 0 Å². The molecule has 1 saturated heterocycles. The molecule has 0 bridgehead atoms. The van der Waals surface area contributed by atoms with Gasteiger partial charge in [0.25, 0.3) is 0 Å². The summed E-state index contributed by atoms with van der Waals surface area (Å²) in [6.45, 7) is 4.87. The van der Waals surface area contributed by atoms with Crippen molar-refractivity contribution in [2.45, 2.75) is 43.9 Å². The predicted molar refractivity (Wildman–Crippen MR) is 132 cm³/mol. The maximum atomic E-state index is 12.1. The van der Waals surface area contributed by atoms with E-state index in [1.54, 1.807) is 0 Å². The van der Waals surface area contributed by atoms with Crippen LogP contribution in [0.15, 0.2) is 65.8 Å². The first kappa shape index (κ1) is 22.7. The molecule has 1 heterocycles. The Bertz CT molecular complexity index is 905. The molecule has 0 aromatic heterocycles. The maximum Gasteiger partial charge on any atom is 0.138 e. The molecule has 1 N–H and O–H groups in total. The van der Waals surface area contributed by atoms with Crippen LogP contribution >= 0.6 is 0 Å². The molecule has 4 atom stereocenters. The van der Waals surface area contributed by atoms with Crippen molar-refractivity contribution in [3.63, 3.8) is 0 Å². The molecule has 33 heavy (non-hydrogen) atoms. The van der Waals surface area contributed by atoms with Crippen molar-refractivity contribution in [2.24, 2.45) is 28.8 Å². The molecule has 3 aliphatic rings. The number of fused-ring (bicyclic) bond motifs is 1. The normalized spacial score (nSPS) is 27.9. The smallest absolute Gasteiger partial charge is 0.138 e. The van der Waals surface area contributed by atoms with Gasteiger partial charge in [-0.15, -0.1) is 0 Å². The average Bonchev–Trinajstić information content (AvgIpc) is 3.26. The van der Waals surface area contributed by atoms with Gasteiger partial charge in [0.1, 0.15) is 11.6 Å². The van der Waals surface area contributed by atoms with Gasteiger partial charge in [-0.2, -0.15) is 4.91 Å². The maximum absolute atomic E-state index is 12.1. The van der Waals surface area contributed by atoms with Crippen LogP contribution in [-0.4, -0.2) is 54.2 Å². The van der Waals surface area contributed by atoms with E-state index in [1.165, 1.54) is 18.7 Å². The summed E-state index contributed by atoms with van der Waals surface area (Å²) in [6.07, 6.45) is 4.16. The van der Waals surface area contributed by atoms with E-state index in [0.29, 0.717) is 12.5 Å². The first-order valence-corrected chi connectivity index (χ1v) is 12.6. The molecule has 5 heteroatoms. The number of piperidine rings is 1. The second-order valence-electron chi connectivity index (χ2n) is 10.7. The highest BCUT2D eigenvalue weighted by atomic mass is 16.3. The van der Waals surface area contributed by atoms with Crippen molar-refractivity contribution >= 4 is 0 Å². The number of nitroso groups, excluding NO2 is 1. The quantitative estimate of drug-likeness (QED) is 0.545. The molecule has 5 nitrogen and oxygen atoms in total. The standard InChI is InChI=1S/C28H37N3O2/c1-30(17-24-25-18-31(19-26(24)25)16-21-10-4-2-5-11-21)20-27(29-33)28(32,23-14-8-9-15-23)22-12-6-3-7-13-22/h2-7,10-13,23-27,32H,8-9,14-20H2,1H3. The topological polar surface area (TPSA) is 56.1 Å². The van der Waals surface area contributed by atoms with Crippen molar-refractivity contribution < 1.29 is 5.11 Å². The zero-order valence-corrected chi connectivity index (χ0v) is 19.7.